The van der Waals surface area contributed by atoms with Gasteiger partial charge in [0, 0.05) is 19.5 Å². The fourth-order valence-electron chi connectivity index (χ4n) is 5.29. The average Bonchev–Trinajstić information content (AvgIpc) is 3.73. The Morgan fingerprint density at radius 1 is 1.02 bits per heavy atom. The highest BCUT2D eigenvalue weighted by atomic mass is 16.6. The van der Waals surface area contributed by atoms with Gasteiger partial charge in [0.2, 0.25) is 17.7 Å². The van der Waals surface area contributed by atoms with Crippen molar-refractivity contribution in [3.63, 3.8) is 0 Å². The van der Waals surface area contributed by atoms with E-state index in [1.807, 2.05) is 4.90 Å². The minimum atomic E-state index is -1.05. The topological polar surface area (TPSA) is 150 Å². The zero-order valence-corrected chi connectivity index (χ0v) is 24.9. The number of ketones is 1. The molecule has 11 heteroatoms. The standard InChI is InChI=1S/C31H44N4O7/c1-20-9-10-23(17-26(20)36)16-25(34-29(39)21(2)32-27(37)18-35-11-13-41-14-12-35)30(40)33-24(28(38)31(3)19-42-31)15-22-7-5-4-6-8-22/h7,9-10,17,21,24-25,36H,4-6,8,11-16,18-19H2,1-3H3,(H,32,37)(H,33,40)(H,34,39). The number of ether oxygens (including phenoxy) is 2. The Hall–Kier alpha value is -3.28. The van der Waals surface area contributed by atoms with Crippen molar-refractivity contribution in [1.29, 1.82) is 0 Å². The van der Waals surface area contributed by atoms with Gasteiger partial charge in [-0.3, -0.25) is 24.1 Å². The Kier molecular flexibility index (Phi) is 10.7. The van der Waals surface area contributed by atoms with Crippen LogP contribution in [-0.2, 0) is 35.1 Å². The first-order valence-corrected chi connectivity index (χ1v) is 14.9. The molecule has 4 rings (SSSR count). The number of carbonyl (C=O) groups is 4. The quantitative estimate of drug-likeness (QED) is 0.200. The minimum absolute atomic E-state index is 0.0806. The fourth-order valence-corrected chi connectivity index (χ4v) is 5.29. The maximum atomic E-state index is 13.7. The molecular formula is C31H44N4O7. The van der Waals surface area contributed by atoms with E-state index in [4.69, 9.17) is 9.47 Å². The third kappa shape index (κ3) is 8.86. The molecule has 230 valence electrons. The number of morpholine rings is 1. The van der Waals surface area contributed by atoms with Crippen LogP contribution in [0, 0.1) is 6.92 Å². The molecule has 1 aliphatic carbocycles. The Labute approximate surface area is 247 Å². The van der Waals surface area contributed by atoms with Crippen molar-refractivity contribution in [2.24, 2.45) is 0 Å². The number of benzene rings is 1. The van der Waals surface area contributed by atoms with Gasteiger partial charge in [-0.05, 0) is 70.1 Å². The molecule has 0 aromatic heterocycles. The van der Waals surface area contributed by atoms with Crippen LogP contribution >= 0.6 is 0 Å². The summed E-state index contributed by atoms with van der Waals surface area (Å²) in [4.78, 5) is 54.9. The summed E-state index contributed by atoms with van der Waals surface area (Å²) in [6.45, 7) is 7.90. The lowest BCUT2D eigenvalue weighted by atomic mass is 9.89. The highest BCUT2D eigenvalue weighted by Gasteiger charge is 2.50. The Bertz CT molecular complexity index is 1190. The van der Waals surface area contributed by atoms with Gasteiger partial charge in [0.05, 0.1) is 32.4 Å². The molecule has 2 saturated heterocycles. The first kappa shape index (κ1) is 31.7. The number of aromatic hydroxyl groups is 1. The summed E-state index contributed by atoms with van der Waals surface area (Å²) >= 11 is 0. The summed E-state index contributed by atoms with van der Waals surface area (Å²) in [5.41, 5.74) is 1.53. The van der Waals surface area contributed by atoms with Crippen LogP contribution in [0.2, 0.25) is 0 Å². The van der Waals surface area contributed by atoms with E-state index in [1.165, 1.54) is 0 Å². The first-order valence-electron chi connectivity index (χ1n) is 14.9. The molecule has 0 saturated carbocycles. The molecule has 42 heavy (non-hydrogen) atoms. The summed E-state index contributed by atoms with van der Waals surface area (Å²) < 4.78 is 10.7. The van der Waals surface area contributed by atoms with Crippen LogP contribution in [0.5, 0.6) is 5.75 Å². The normalized spacial score (nSPS) is 22.7. The van der Waals surface area contributed by atoms with E-state index in [1.54, 1.807) is 39.0 Å². The summed E-state index contributed by atoms with van der Waals surface area (Å²) in [5.74, 6) is -1.46. The lowest BCUT2D eigenvalue weighted by Gasteiger charge is -2.27. The van der Waals surface area contributed by atoms with E-state index in [0.29, 0.717) is 50.5 Å². The molecule has 11 nitrogen and oxygen atoms in total. The molecule has 4 N–H and O–H groups in total. The van der Waals surface area contributed by atoms with Gasteiger partial charge < -0.3 is 30.5 Å². The average molecular weight is 585 g/mol. The molecule has 3 amide bonds. The van der Waals surface area contributed by atoms with Crippen molar-refractivity contribution < 1.29 is 33.8 Å². The predicted octanol–water partition coefficient (Wildman–Crippen LogP) is 1.30. The third-order valence-electron chi connectivity index (χ3n) is 8.17. The molecule has 1 aromatic rings. The van der Waals surface area contributed by atoms with Crippen molar-refractivity contribution in [2.45, 2.75) is 83.0 Å². The molecule has 0 spiro atoms. The lowest BCUT2D eigenvalue weighted by Crippen LogP contribution is -2.57. The maximum Gasteiger partial charge on any atom is 0.243 e. The van der Waals surface area contributed by atoms with Crippen molar-refractivity contribution >= 4 is 23.5 Å². The number of amides is 3. The van der Waals surface area contributed by atoms with E-state index >= 15 is 0 Å². The SMILES string of the molecule is Cc1ccc(CC(NC(=O)C(C)NC(=O)CN2CCOCC2)C(=O)NC(CC2=CCCCC2)C(=O)C2(C)CO2)cc1O. The number of rotatable bonds is 13. The van der Waals surface area contributed by atoms with E-state index in [9.17, 15) is 24.3 Å². The summed E-state index contributed by atoms with van der Waals surface area (Å²) in [6.07, 6.45) is 6.58. The number of nitrogens with zero attached hydrogens (tertiary/aromatic N) is 1. The first-order chi connectivity index (χ1) is 20.0. The second-order valence-corrected chi connectivity index (χ2v) is 11.8. The number of nitrogens with one attached hydrogen (secondary N) is 3. The number of aryl methyl sites for hydroxylation is 1. The number of phenolic OH excluding ortho intramolecular Hbond substituents is 1. The molecule has 3 aliphatic rings. The molecular weight excluding hydrogens is 540 g/mol. The van der Waals surface area contributed by atoms with Crippen LogP contribution in [0.15, 0.2) is 29.8 Å². The van der Waals surface area contributed by atoms with E-state index in [2.05, 4.69) is 22.0 Å². The van der Waals surface area contributed by atoms with Gasteiger partial charge in [0.1, 0.15) is 23.4 Å². The number of hydrogen-bond acceptors (Lipinski definition) is 8. The van der Waals surface area contributed by atoms with Crippen molar-refractivity contribution in [3.05, 3.63) is 41.0 Å². The van der Waals surface area contributed by atoms with Crippen LogP contribution in [0.3, 0.4) is 0 Å². The van der Waals surface area contributed by atoms with E-state index < -0.39 is 35.5 Å². The largest absolute Gasteiger partial charge is 0.508 e. The number of allylic oxidation sites excluding steroid dienone is 1. The number of epoxide rings is 1. The van der Waals surface area contributed by atoms with Crippen LogP contribution in [-0.4, -0.2) is 96.7 Å². The Morgan fingerprint density at radius 2 is 1.74 bits per heavy atom. The molecule has 4 atom stereocenters. The number of Topliss-reactive ketones (excluding diaryl/α,β-unsaturated/α-hetero) is 1. The van der Waals surface area contributed by atoms with E-state index in [0.717, 1.165) is 31.3 Å². The summed E-state index contributed by atoms with van der Waals surface area (Å²) in [5, 5.41) is 18.6. The molecule has 0 radical (unpaired) electrons. The Balaban J connectivity index is 1.46. The van der Waals surface area contributed by atoms with Crippen molar-refractivity contribution in [1.82, 2.24) is 20.9 Å². The van der Waals surface area contributed by atoms with Gasteiger partial charge >= 0.3 is 0 Å². The number of phenols is 1. The summed E-state index contributed by atoms with van der Waals surface area (Å²) in [6, 6.07) is 2.33. The maximum absolute atomic E-state index is 13.7. The van der Waals surface area contributed by atoms with Gasteiger partial charge in [0.15, 0.2) is 5.78 Å². The van der Waals surface area contributed by atoms with E-state index in [-0.39, 0.29) is 30.4 Å². The van der Waals surface area contributed by atoms with Crippen molar-refractivity contribution in [2.75, 3.05) is 39.5 Å². The molecule has 0 bridgehead atoms. The minimum Gasteiger partial charge on any atom is -0.508 e. The molecule has 1 aromatic carbocycles. The highest BCUT2D eigenvalue weighted by molar-refractivity contribution is 5.98. The van der Waals surface area contributed by atoms with Gasteiger partial charge in [-0.15, -0.1) is 0 Å². The molecule has 2 heterocycles. The number of carbonyl (C=O) groups excluding carboxylic acids is 4. The third-order valence-corrected chi connectivity index (χ3v) is 8.17. The highest BCUT2D eigenvalue weighted by Crippen LogP contribution is 2.31. The second-order valence-electron chi connectivity index (χ2n) is 11.8. The lowest BCUT2D eigenvalue weighted by molar-refractivity contribution is -0.134. The fraction of sp³-hybridized carbons (Fsp3) is 0.613. The van der Waals surface area contributed by atoms with Gasteiger partial charge in [-0.2, -0.15) is 0 Å². The number of hydrogen-bond donors (Lipinski definition) is 4. The van der Waals surface area contributed by atoms with Crippen molar-refractivity contribution in [3.8, 4) is 5.75 Å². The van der Waals surface area contributed by atoms with Gasteiger partial charge in [0.25, 0.3) is 0 Å². The summed E-state index contributed by atoms with van der Waals surface area (Å²) in [7, 11) is 0. The van der Waals surface area contributed by atoms with Crippen LogP contribution in [0.25, 0.3) is 0 Å². The second kappa shape index (κ2) is 14.3. The van der Waals surface area contributed by atoms with Crippen LogP contribution in [0.1, 0.15) is 57.1 Å². The zero-order chi connectivity index (χ0) is 30.3. The smallest absolute Gasteiger partial charge is 0.243 e. The Morgan fingerprint density at radius 3 is 2.38 bits per heavy atom. The molecule has 2 fully saturated rings. The zero-order valence-electron chi connectivity index (χ0n) is 24.9. The molecule has 2 aliphatic heterocycles. The molecule has 4 unspecified atom stereocenters. The van der Waals surface area contributed by atoms with Crippen LogP contribution in [0.4, 0.5) is 0 Å². The van der Waals surface area contributed by atoms with Gasteiger partial charge in [-0.1, -0.05) is 23.8 Å². The van der Waals surface area contributed by atoms with Crippen LogP contribution < -0.4 is 16.0 Å². The predicted molar refractivity (Wildman–Crippen MR) is 156 cm³/mol. The monoisotopic (exact) mass is 584 g/mol. The van der Waals surface area contributed by atoms with Gasteiger partial charge in [-0.25, -0.2) is 0 Å².